The molecule has 0 unspecified atom stereocenters. The van der Waals surface area contributed by atoms with Crippen molar-refractivity contribution in [3.8, 4) is 11.5 Å². The highest BCUT2D eigenvalue weighted by Gasteiger charge is 2.51. The summed E-state index contributed by atoms with van der Waals surface area (Å²) in [6.45, 7) is 6.36. The minimum Gasteiger partial charge on any atom is -0.497 e. The van der Waals surface area contributed by atoms with Crippen LogP contribution in [0.5, 0.6) is 11.5 Å². The van der Waals surface area contributed by atoms with Crippen LogP contribution in [-0.2, 0) is 8.85 Å². The molecular weight excluding hydrogens is 260 g/mol. The van der Waals surface area contributed by atoms with E-state index in [-0.39, 0.29) is 5.04 Å². The van der Waals surface area contributed by atoms with Crippen LogP contribution in [0.1, 0.15) is 20.8 Å². The number of hydrogen-bond donors (Lipinski definition) is 0. The van der Waals surface area contributed by atoms with Crippen molar-refractivity contribution in [2.24, 2.45) is 0 Å². The predicted molar refractivity (Wildman–Crippen MR) is 78.7 cm³/mol. The average molecular weight is 284 g/mol. The quantitative estimate of drug-likeness (QED) is 0.778. The Hall–Kier alpha value is -1.04. The molecule has 19 heavy (non-hydrogen) atoms. The van der Waals surface area contributed by atoms with Gasteiger partial charge in [0.05, 0.1) is 14.2 Å². The van der Waals surface area contributed by atoms with Crippen molar-refractivity contribution in [3.05, 3.63) is 18.2 Å². The van der Waals surface area contributed by atoms with Gasteiger partial charge in [0.25, 0.3) is 0 Å². The van der Waals surface area contributed by atoms with E-state index in [4.69, 9.17) is 18.3 Å². The standard InChI is InChI=1S/C14H24O4Si/c1-14(2,3)19(17-6,18-7)13-9-8-11(15-4)10-12(13)16-5/h8-10H,1-7H3. The molecule has 5 heteroatoms. The maximum Gasteiger partial charge on any atom is 0.381 e. The Labute approximate surface area is 116 Å². The van der Waals surface area contributed by atoms with E-state index in [2.05, 4.69) is 20.8 Å². The van der Waals surface area contributed by atoms with Crippen molar-refractivity contribution in [1.82, 2.24) is 0 Å². The third kappa shape index (κ3) is 2.78. The van der Waals surface area contributed by atoms with Crippen LogP contribution in [0.15, 0.2) is 18.2 Å². The van der Waals surface area contributed by atoms with E-state index in [0.717, 1.165) is 16.7 Å². The smallest absolute Gasteiger partial charge is 0.381 e. The molecule has 4 nitrogen and oxygen atoms in total. The molecule has 0 N–H and O–H groups in total. The minimum absolute atomic E-state index is 0.127. The van der Waals surface area contributed by atoms with Crippen molar-refractivity contribution < 1.29 is 18.3 Å². The third-order valence-corrected chi connectivity index (χ3v) is 7.57. The summed E-state index contributed by atoms with van der Waals surface area (Å²) < 4.78 is 22.4. The normalized spacial score (nSPS) is 12.4. The lowest BCUT2D eigenvalue weighted by Crippen LogP contribution is -2.59. The highest BCUT2D eigenvalue weighted by atomic mass is 28.4. The van der Waals surface area contributed by atoms with Gasteiger partial charge >= 0.3 is 8.56 Å². The van der Waals surface area contributed by atoms with Gasteiger partial charge in [-0.05, 0) is 6.07 Å². The fourth-order valence-electron chi connectivity index (χ4n) is 2.39. The van der Waals surface area contributed by atoms with Crippen molar-refractivity contribution >= 4 is 13.7 Å². The summed E-state index contributed by atoms with van der Waals surface area (Å²) >= 11 is 0. The van der Waals surface area contributed by atoms with E-state index in [1.54, 1.807) is 28.4 Å². The summed E-state index contributed by atoms with van der Waals surface area (Å²) in [7, 11) is 4.07. The number of methoxy groups -OCH3 is 2. The van der Waals surface area contributed by atoms with Crippen molar-refractivity contribution in [2.45, 2.75) is 25.8 Å². The van der Waals surface area contributed by atoms with Crippen LogP contribution in [0.4, 0.5) is 0 Å². The first-order valence-corrected chi connectivity index (χ1v) is 8.00. The first-order chi connectivity index (χ1) is 8.86. The van der Waals surface area contributed by atoms with Gasteiger partial charge < -0.3 is 18.3 Å². The van der Waals surface area contributed by atoms with Crippen LogP contribution in [0.3, 0.4) is 0 Å². The molecule has 0 radical (unpaired) electrons. The van der Waals surface area contributed by atoms with Gasteiger partial charge in [0.15, 0.2) is 0 Å². The second-order valence-electron chi connectivity index (χ2n) is 5.34. The van der Waals surface area contributed by atoms with E-state index in [0.29, 0.717) is 0 Å². The minimum atomic E-state index is -2.60. The topological polar surface area (TPSA) is 36.9 Å². The Bertz CT molecular complexity index is 422. The Morgan fingerprint density at radius 2 is 1.47 bits per heavy atom. The molecule has 0 spiro atoms. The van der Waals surface area contributed by atoms with Gasteiger partial charge in [-0.3, -0.25) is 0 Å². The fraction of sp³-hybridized carbons (Fsp3) is 0.571. The molecule has 0 aliphatic carbocycles. The Morgan fingerprint density at radius 1 is 0.895 bits per heavy atom. The van der Waals surface area contributed by atoms with E-state index in [1.807, 2.05) is 18.2 Å². The first-order valence-electron chi connectivity index (χ1n) is 6.19. The maximum atomic E-state index is 5.85. The molecule has 0 bridgehead atoms. The van der Waals surface area contributed by atoms with Crippen molar-refractivity contribution in [2.75, 3.05) is 28.4 Å². The van der Waals surface area contributed by atoms with Crippen LogP contribution in [0.2, 0.25) is 5.04 Å². The van der Waals surface area contributed by atoms with Crippen LogP contribution < -0.4 is 14.7 Å². The van der Waals surface area contributed by atoms with Gasteiger partial charge in [0, 0.05) is 30.5 Å². The zero-order valence-electron chi connectivity index (χ0n) is 12.9. The zero-order chi connectivity index (χ0) is 14.7. The number of ether oxygens (including phenoxy) is 2. The molecule has 0 aliphatic heterocycles. The molecule has 1 rings (SSSR count). The highest BCUT2D eigenvalue weighted by molar-refractivity contribution is 6.84. The fourth-order valence-corrected chi connectivity index (χ4v) is 5.83. The van der Waals surface area contributed by atoms with E-state index in [9.17, 15) is 0 Å². The zero-order valence-corrected chi connectivity index (χ0v) is 13.9. The SMILES string of the molecule is COc1ccc([Si](OC)(OC)C(C)(C)C)c(OC)c1. The Kier molecular flexibility index (Phi) is 5.01. The lowest BCUT2D eigenvalue weighted by atomic mass is 10.2. The largest absolute Gasteiger partial charge is 0.497 e. The maximum absolute atomic E-state index is 5.85. The molecule has 0 fully saturated rings. The van der Waals surface area contributed by atoms with Crippen LogP contribution >= 0.6 is 0 Å². The summed E-state index contributed by atoms with van der Waals surface area (Å²) in [4.78, 5) is 0. The number of benzene rings is 1. The molecule has 0 aliphatic rings. The molecule has 108 valence electrons. The Balaban J connectivity index is 3.47. The van der Waals surface area contributed by atoms with Crippen LogP contribution in [0, 0.1) is 0 Å². The average Bonchev–Trinajstić information content (AvgIpc) is 2.39. The molecule has 0 saturated carbocycles. The molecule has 0 aromatic heterocycles. The van der Waals surface area contributed by atoms with Gasteiger partial charge in [-0.2, -0.15) is 0 Å². The van der Waals surface area contributed by atoms with Crippen LogP contribution in [0.25, 0.3) is 0 Å². The van der Waals surface area contributed by atoms with Gasteiger partial charge in [-0.15, -0.1) is 0 Å². The molecule has 1 aromatic rings. The summed E-state index contributed by atoms with van der Waals surface area (Å²) in [6.07, 6.45) is 0. The first kappa shape index (κ1) is 16.0. The molecule has 1 aromatic carbocycles. The van der Waals surface area contributed by atoms with E-state index in [1.165, 1.54) is 0 Å². The molecule has 0 amide bonds. The molecule has 0 atom stereocenters. The van der Waals surface area contributed by atoms with Gasteiger partial charge in [0.1, 0.15) is 11.5 Å². The number of rotatable bonds is 5. The third-order valence-electron chi connectivity index (χ3n) is 3.33. The Morgan fingerprint density at radius 3 is 1.84 bits per heavy atom. The predicted octanol–water partition coefficient (Wildman–Crippen LogP) is 2.45. The summed E-state index contributed by atoms with van der Waals surface area (Å²) in [6, 6.07) is 5.74. The van der Waals surface area contributed by atoms with E-state index >= 15 is 0 Å². The monoisotopic (exact) mass is 284 g/mol. The van der Waals surface area contributed by atoms with E-state index < -0.39 is 8.56 Å². The summed E-state index contributed by atoms with van der Waals surface area (Å²) in [5.41, 5.74) is 0. The van der Waals surface area contributed by atoms with Gasteiger partial charge in [-0.25, -0.2) is 0 Å². The van der Waals surface area contributed by atoms with Gasteiger partial charge in [0.2, 0.25) is 0 Å². The highest BCUT2D eigenvalue weighted by Crippen LogP contribution is 2.38. The summed E-state index contributed by atoms with van der Waals surface area (Å²) in [5, 5.41) is 0.853. The van der Waals surface area contributed by atoms with Crippen molar-refractivity contribution in [3.63, 3.8) is 0 Å². The van der Waals surface area contributed by atoms with Gasteiger partial charge in [-0.1, -0.05) is 26.8 Å². The lowest BCUT2D eigenvalue weighted by molar-refractivity contribution is 0.229. The lowest BCUT2D eigenvalue weighted by Gasteiger charge is -2.39. The van der Waals surface area contributed by atoms with Crippen LogP contribution in [-0.4, -0.2) is 37.0 Å². The second kappa shape index (κ2) is 5.94. The second-order valence-corrected chi connectivity index (χ2v) is 9.43. The molecular formula is C14H24O4Si. The molecule has 0 saturated heterocycles. The summed E-state index contributed by atoms with van der Waals surface area (Å²) in [5.74, 6) is 1.49. The molecule has 0 heterocycles. The van der Waals surface area contributed by atoms with Crippen molar-refractivity contribution in [1.29, 1.82) is 0 Å². The number of hydrogen-bond acceptors (Lipinski definition) is 4.